The van der Waals surface area contributed by atoms with Crippen LogP contribution in [0.15, 0.2) is 250 Å². The highest BCUT2D eigenvalue weighted by Gasteiger charge is 2.55. The first kappa shape index (κ1) is 101. The highest BCUT2D eigenvalue weighted by atomic mass is 19.3. The lowest BCUT2D eigenvalue weighted by Gasteiger charge is -2.27. The molecule has 0 radical (unpaired) electrons. The Morgan fingerprint density at radius 2 is 0.674 bits per heavy atom. The van der Waals surface area contributed by atoms with Gasteiger partial charge in [0.05, 0.1) is 12.8 Å². The number of nitrogens with two attached hydrogens (primary N) is 5. The Bertz CT molecular complexity index is 6280. The van der Waals surface area contributed by atoms with Crippen LogP contribution in [-0.4, -0.2) is 186 Å². The molecule has 0 saturated heterocycles. The van der Waals surface area contributed by atoms with Crippen molar-refractivity contribution in [1.82, 2.24) is 49.8 Å². The Kier molecular flexibility index (Phi) is 30.6. The number of carbonyl (C=O) groups is 5. The highest BCUT2D eigenvalue weighted by Crippen LogP contribution is 2.48. The van der Waals surface area contributed by atoms with Crippen LogP contribution in [0.4, 0.5) is 52.7 Å². The third kappa shape index (κ3) is 20.3. The second-order valence-corrected chi connectivity index (χ2v) is 31.4. The molecule has 5 aliphatic heterocycles. The smallest absolute Gasteiger partial charge is 0.387 e. The zero-order valence-corrected chi connectivity index (χ0v) is 75.3. The van der Waals surface area contributed by atoms with Crippen LogP contribution in [0.1, 0.15) is 89.0 Å². The number of nitrogens with one attached hydrogen (secondary N) is 1. The number of nitrogens with zero attached hydrogens (tertiary/aromatic N) is 14. The van der Waals surface area contributed by atoms with Gasteiger partial charge in [-0.15, -0.1) is 0 Å². The molecule has 0 saturated carbocycles. The van der Waals surface area contributed by atoms with E-state index >= 15 is 0 Å². The summed E-state index contributed by atoms with van der Waals surface area (Å²) in [6, 6.07) is 49.2. The highest BCUT2D eigenvalue weighted by molar-refractivity contribution is 6.12. The fraction of sp³-hybridized carbons (Fsp3) is 0.242. The van der Waals surface area contributed by atoms with Crippen LogP contribution >= 0.6 is 0 Å². The topological polar surface area (TPSA) is 412 Å². The number of hydrogen-bond acceptors (Lipinski definition) is 26. The minimum absolute atomic E-state index is 0.0187. The summed E-state index contributed by atoms with van der Waals surface area (Å²) in [6.45, 7) is -7.39. The van der Waals surface area contributed by atoms with Crippen molar-refractivity contribution in [3.8, 4) is 39.9 Å². The fourth-order valence-corrected chi connectivity index (χ4v) is 16.0. The number of amides is 5. The first-order chi connectivity index (χ1) is 65.5. The number of halogens is 12. The first-order valence-corrected chi connectivity index (χ1v) is 41.4. The number of methoxy groups -OCH3 is 1. The summed E-state index contributed by atoms with van der Waals surface area (Å²) >= 11 is 0. The molecule has 5 unspecified atom stereocenters. The van der Waals surface area contributed by atoms with E-state index in [1.54, 1.807) is 104 Å². The van der Waals surface area contributed by atoms with Gasteiger partial charge in [0.15, 0.2) is 57.5 Å². The van der Waals surface area contributed by atoms with Crippen molar-refractivity contribution in [3.63, 3.8) is 0 Å². The molecule has 43 heteroatoms. The van der Waals surface area contributed by atoms with Crippen molar-refractivity contribution >= 4 is 59.3 Å². The summed E-state index contributed by atoms with van der Waals surface area (Å²) in [5.41, 5.74) is 31.5. The minimum atomic E-state index is -2.98. The van der Waals surface area contributed by atoms with E-state index in [2.05, 4.69) is 73.9 Å². The van der Waals surface area contributed by atoms with Gasteiger partial charge in [0.25, 0.3) is 29.5 Å². The number of aliphatic imine (C=N–C) groups is 5. The number of rotatable bonds is 25. The number of benzene rings is 8. The number of likely N-dealkylation sites (N-methyl/N-ethyl adjacent to an activating group) is 5. The van der Waals surface area contributed by atoms with Gasteiger partial charge in [-0.05, 0) is 209 Å². The average Bonchev–Trinajstić information content (AvgIpc) is 1.58. The number of ether oxygens (including phenoxy) is 6. The third-order valence-electron chi connectivity index (χ3n) is 22.8. The van der Waals surface area contributed by atoms with Gasteiger partial charge in [-0.2, -0.15) is 48.3 Å². The van der Waals surface area contributed by atoms with Crippen molar-refractivity contribution < 1.29 is 105 Å². The molecular weight excluding hydrogens is 1830 g/mol. The van der Waals surface area contributed by atoms with E-state index in [1.165, 1.54) is 133 Å². The Hall–Kier alpha value is -16.1. The van der Waals surface area contributed by atoms with Crippen LogP contribution in [0, 0.1) is 39.5 Å². The maximum absolute atomic E-state index is 13.7. The van der Waals surface area contributed by atoms with Crippen molar-refractivity contribution in [2.75, 3.05) is 49.4 Å². The van der Waals surface area contributed by atoms with E-state index in [0.29, 0.717) is 79.9 Å². The fourth-order valence-electron chi connectivity index (χ4n) is 16.0. The molecule has 720 valence electrons. The standard InChI is InChI=1S/C21H17F2N5O2.C20H22F2N4O2.C20H21F2N3O3.2C17H15F3N4O2/c1-28-18(29)21(27-20(28)24,15-5-7-17(8-6-15)30-19(22)23)16-4-2-3-13(9-16)14-10-25-12-26-11-14;1-12-9-15(7-8-16(12)28-18(21)22)20(17(27)26(3)19(23)25-20)14-6-4-5-13(10-14)11-24-2;1-12-9-15(7-8-16(12)28-18(21)22)20(17(26)25(2)19(23)24-20)14-6-4-5-13(10-14)11-27-3;1-9-5-10(3-4-13(9)26-15(19)20)17(11-6-12(18)8-22-7-11)14(25)24(2)16(21)23-17;1-9-7-10(3-4-12(9)26-15(19)20)17(11-5-6-22-13(18)8-11)14(25)24(2)16(21)23-17/h2-12,19H,1H3,(H2,24,27);4-10,18,24H,11H2,1-3H3,(H2,23,25);4-10,18H,11H2,1-3H3,(H2,23,24);2*3-8,15H,1-2H3,(H2,21,23). The normalized spacial score (nSPS) is 19.3. The molecule has 16 rings (SSSR count). The number of hydrogen-bond donors (Lipinski definition) is 6. The number of carbonyl (C=O) groups excluding carboxylic acids is 5. The van der Waals surface area contributed by atoms with Crippen LogP contribution in [0.2, 0.25) is 0 Å². The van der Waals surface area contributed by atoms with E-state index in [-0.39, 0.29) is 87.4 Å². The lowest BCUT2D eigenvalue weighted by atomic mass is 9.81. The Balaban J connectivity index is 0.000000155. The SMILES string of the molecule is CN1C(=O)C(c2ccc(OC(F)F)cc2)(c2cccc(-c3cncnc3)c2)N=C1N.CNCc1cccc(C2(c3ccc(OC(F)F)c(C)c3)N=C(N)N(C)C2=O)c1.COCc1cccc(C2(c3ccc(OC(F)F)c(C)c3)N=C(N)N(C)C2=O)c1.Cc1cc(C2(c3ccnc(F)c3)N=C(N)N(C)C2=O)ccc1OC(F)F.Cc1cc(C2(c3cncc(F)c3)N=C(N)N(C)C2=O)ccc1OC(F)F. The minimum Gasteiger partial charge on any atom is -0.435 e. The number of alkyl halides is 10. The molecular formula is C95H90F12N20O11. The van der Waals surface area contributed by atoms with E-state index in [1.807, 2.05) is 61.6 Å². The van der Waals surface area contributed by atoms with Crippen LogP contribution in [0.3, 0.4) is 0 Å². The van der Waals surface area contributed by atoms with Gasteiger partial charge in [-0.25, -0.2) is 44.3 Å². The van der Waals surface area contributed by atoms with E-state index in [0.717, 1.165) is 50.4 Å². The molecule has 0 aliphatic carbocycles. The number of aromatic nitrogens is 4. The van der Waals surface area contributed by atoms with Crippen molar-refractivity contribution in [2.24, 2.45) is 53.6 Å². The summed E-state index contributed by atoms with van der Waals surface area (Å²) in [4.78, 5) is 109. The Labute approximate surface area is 781 Å². The molecule has 8 aromatic carbocycles. The van der Waals surface area contributed by atoms with Crippen molar-refractivity contribution in [3.05, 3.63) is 326 Å². The van der Waals surface area contributed by atoms with E-state index < -0.39 is 84.3 Å². The lowest BCUT2D eigenvalue weighted by Crippen LogP contribution is -2.41. The molecule has 3 aromatic heterocycles. The lowest BCUT2D eigenvalue weighted by molar-refractivity contribution is -0.130. The summed E-state index contributed by atoms with van der Waals surface area (Å²) in [7, 11) is 10.9. The average molecular weight is 1920 g/mol. The maximum Gasteiger partial charge on any atom is 0.387 e. The van der Waals surface area contributed by atoms with Gasteiger partial charge < -0.3 is 62.4 Å². The van der Waals surface area contributed by atoms with Gasteiger partial charge in [0.1, 0.15) is 40.9 Å². The van der Waals surface area contributed by atoms with Gasteiger partial charge in [-0.1, -0.05) is 103 Å². The number of pyridine rings is 2. The molecule has 0 fully saturated rings. The third-order valence-corrected chi connectivity index (χ3v) is 22.8. The molecule has 5 aliphatic rings. The summed E-state index contributed by atoms with van der Waals surface area (Å²) in [5.74, 6) is -3.30. The maximum atomic E-state index is 13.7. The number of guanidine groups is 5. The summed E-state index contributed by atoms with van der Waals surface area (Å²) in [5, 5.41) is 3.07. The van der Waals surface area contributed by atoms with Gasteiger partial charge >= 0.3 is 33.1 Å². The van der Waals surface area contributed by atoms with Gasteiger partial charge in [0, 0.05) is 84.8 Å². The van der Waals surface area contributed by atoms with Crippen LogP contribution in [-0.2, 0) is 69.6 Å². The molecule has 0 bridgehead atoms. The molecule has 5 amide bonds. The van der Waals surface area contributed by atoms with E-state index in [9.17, 15) is 76.7 Å². The molecule has 5 atom stereocenters. The molecule has 0 spiro atoms. The van der Waals surface area contributed by atoms with Gasteiger partial charge in [-0.3, -0.25) is 53.5 Å². The molecule has 11 aromatic rings. The monoisotopic (exact) mass is 1910 g/mol. The van der Waals surface area contributed by atoms with Crippen LogP contribution < -0.4 is 57.7 Å². The molecule has 31 nitrogen and oxygen atoms in total. The zero-order chi connectivity index (χ0) is 100. The van der Waals surface area contributed by atoms with Crippen LogP contribution in [0.25, 0.3) is 11.1 Å². The molecule has 8 heterocycles. The van der Waals surface area contributed by atoms with Gasteiger partial charge in [0.2, 0.25) is 5.95 Å². The molecule has 11 N–H and O–H groups in total. The summed E-state index contributed by atoms with van der Waals surface area (Å²) in [6.07, 6.45) is 8.28. The second kappa shape index (κ2) is 41.8. The Morgan fingerprint density at radius 1 is 0.348 bits per heavy atom. The van der Waals surface area contributed by atoms with Crippen molar-refractivity contribution in [1.29, 1.82) is 0 Å². The number of aryl methyl sites for hydroxylation is 4. The predicted molar refractivity (Wildman–Crippen MR) is 482 cm³/mol. The van der Waals surface area contributed by atoms with Crippen LogP contribution in [0.5, 0.6) is 28.7 Å². The molecule has 138 heavy (non-hydrogen) atoms. The van der Waals surface area contributed by atoms with Crippen molar-refractivity contribution in [2.45, 2.75) is 102 Å². The zero-order valence-electron chi connectivity index (χ0n) is 75.3. The first-order valence-electron chi connectivity index (χ1n) is 41.4. The quantitative estimate of drug-likeness (QED) is 0.0229. The second-order valence-electron chi connectivity index (χ2n) is 31.4. The largest absolute Gasteiger partial charge is 0.435 e. The van der Waals surface area contributed by atoms with E-state index in [4.69, 9.17) is 33.4 Å². The summed E-state index contributed by atoms with van der Waals surface area (Å²) < 4.78 is 180. The Morgan fingerprint density at radius 3 is 1.01 bits per heavy atom. The predicted octanol–water partition coefficient (Wildman–Crippen LogP) is 12.2.